The van der Waals surface area contributed by atoms with Gasteiger partial charge in [-0.1, -0.05) is 18.2 Å². The first-order valence-corrected chi connectivity index (χ1v) is 10.8. The molecule has 1 unspecified atom stereocenters. The summed E-state index contributed by atoms with van der Waals surface area (Å²) in [5, 5.41) is -0.137. The van der Waals surface area contributed by atoms with Gasteiger partial charge in [0.25, 0.3) is 0 Å². The average Bonchev–Trinajstić information content (AvgIpc) is 2.85. The number of thioether (sulfide) groups is 1. The lowest BCUT2D eigenvalue weighted by molar-refractivity contribution is 0.425. The van der Waals surface area contributed by atoms with Gasteiger partial charge in [-0.2, -0.15) is 11.8 Å². The van der Waals surface area contributed by atoms with Crippen molar-refractivity contribution >= 4 is 21.8 Å². The van der Waals surface area contributed by atoms with Crippen LogP contribution in [0.4, 0.5) is 13.2 Å². The molecule has 1 fully saturated rings. The van der Waals surface area contributed by atoms with Crippen LogP contribution in [0.2, 0.25) is 0 Å². The van der Waals surface area contributed by atoms with Crippen LogP contribution in [0.3, 0.4) is 0 Å². The number of hydrogen-bond donors (Lipinski definition) is 0. The molecule has 0 amide bonds. The summed E-state index contributed by atoms with van der Waals surface area (Å²) < 4.78 is 67.6. The molecule has 0 N–H and O–H groups in total. The van der Waals surface area contributed by atoms with Crippen LogP contribution in [-0.2, 0) is 15.8 Å². The summed E-state index contributed by atoms with van der Waals surface area (Å²) in [5.41, 5.74) is 0.375. The van der Waals surface area contributed by atoms with Crippen molar-refractivity contribution in [2.75, 3.05) is 18.8 Å². The van der Waals surface area contributed by atoms with Crippen molar-refractivity contribution in [1.82, 2.24) is 4.31 Å². The normalized spacial score (nSPS) is 19.3. The Morgan fingerprint density at radius 3 is 2.58 bits per heavy atom. The van der Waals surface area contributed by atoms with E-state index in [9.17, 15) is 21.6 Å². The van der Waals surface area contributed by atoms with E-state index in [1.54, 1.807) is 18.2 Å². The number of rotatable bonds is 4. The monoisotopic (exact) mass is 401 g/mol. The predicted octanol–water partition coefficient (Wildman–Crippen LogP) is 4.11. The van der Waals surface area contributed by atoms with Gasteiger partial charge in [-0.25, -0.2) is 25.9 Å². The molecule has 0 aliphatic carbocycles. The Balaban J connectivity index is 1.73. The molecule has 2 aromatic rings. The Kier molecular flexibility index (Phi) is 5.94. The maximum Gasteiger partial charge on any atom is 0.218 e. The molecule has 3 nitrogen and oxygen atoms in total. The fourth-order valence-electron chi connectivity index (χ4n) is 2.95. The molecule has 140 valence electrons. The Morgan fingerprint density at radius 2 is 1.81 bits per heavy atom. The van der Waals surface area contributed by atoms with Crippen LogP contribution in [0.5, 0.6) is 0 Å². The Morgan fingerprint density at radius 1 is 1.04 bits per heavy atom. The molecule has 0 saturated carbocycles. The fourth-order valence-corrected chi connectivity index (χ4v) is 5.87. The van der Waals surface area contributed by atoms with Gasteiger partial charge in [0.2, 0.25) is 10.0 Å². The van der Waals surface area contributed by atoms with E-state index in [2.05, 4.69) is 0 Å². The molecule has 0 bridgehead atoms. The highest BCUT2D eigenvalue weighted by Gasteiger charge is 2.28. The highest BCUT2D eigenvalue weighted by Crippen LogP contribution is 2.36. The second-order valence-corrected chi connectivity index (χ2v) is 9.34. The van der Waals surface area contributed by atoms with Crippen molar-refractivity contribution in [1.29, 1.82) is 0 Å². The zero-order valence-corrected chi connectivity index (χ0v) is 15.5. The third-order valence-electron chi connectivity index (χ3n) is 4.29. The minimum absolute atomic E-state index is 0.137. The molecule has 2 aromatic carbocycles. The van der Waals surface area contributed by atoms with Crippen LogP contribution in [0.15, 0.2) is 42.5 Å². The standard InChI is InChI=1S/C18H18F3NO2S2/c19-14-5-6-16(20)13(11-14)12-26(23,24)22-8-7-18(25-10-9-22)15-3-1-2-4-17(15)21/h1-6,11,18H,7-10,12H2. The zero-order valence-electron chi connectivity index (χ0n) is 13.9. The van der Waals surface area contributed by atoms with E-state index < -0.39 is 27.4 Å². The van der Waals surface area contributed by atoms with E-state index in [4.69, 9.17) is 0 Å². The Labute approximate surface area is 155 Å². The second kappa shape index (κ2) is 8.02. The summed E-state index contributed by atoms with van der Waals surface area (Å²) in [6, 6.07) is 9.25. The van der Waals surface area contributed by atoms with Gasteiger partial charge in [0.05, 0.1) is 5.75 Å². The lowest BCUT2D eigenvalue weighted by Crippen LogP contribution is -2.34. The molecule has 1 aliphatic rings. The summed E-state index contributed by atoms with van der Waals surface area (Å²) in [6.45, 7) is 0.472. The largest absolute Gasteiger partial charge is 0.218 e. The van der Waals surface area contributed by atoms with Crippen LogP contribution in [0.1, 0.15) is 22.8 Å². The number of hydrogen-bond acceptors (Lipinski definition) is 3. The molecule has 3 rings (SSSR count). The third kappa shape index (κ3) is 4.42. The maximum absolute atomic E-state index is 14.0. The summed E-state index contributed by atoms with van der Waals surface area (Å²) >= 11 is 1.50. The lowest BCUT2D eigenvalue weighted by Gasteiger charge is -2.20. The van der Waals surface area contributed by atoms with Gasteiger partial charge < -0.3 is 0 Å². The molecule has 1 aliphatic heterocycles. The molecular formula is C18H18F3NO2S2. The second-order valence-electron chi connectivity index (χ2n) is 6.06. The molecule has 1 saturated heterocycles. The summed E-state index contributed by atoms with van der Waals surface area (Å²) in [5.74, 6) is -1.82. The summed E-state index contributed by atoms with van der Waals surface area (Å²) in [6.07, 6.45) is 0.455. The highest BCUT2D eigenvalue weighted by molar-refractivity contribution is 7.99. The molecule has 0 aromatic heterocycles. The molecule has 1 atom stereocenters. The first-order chi connectivity index (χ1) is 12.4. The number of nitrogens with zero attached hydrogens (tertiary/aromatic N) is 1. The van der Waals surface area contributed by atoms with E-state index in [0.717, 1.165) is 18.2 Å². The van der Waals surface area contributed by atoms with Crippen LogP contribution in [0.25, 0.3) is 0 Å². The van der Waals surface area contributed by atoms with Crippen molar-refractivity contribution in [3.63, 3.8) is 0 Å². The molecule has 0 radical (unpaired) electrons. The van der Waals surface area contributed by atoms with Gasteiger partial charge in [0.1, 0.15) is 17.5 Å². The number of benzene rings is 2. The quantitative estimate of drug-likeness (QED) is 0.774. The van der Waals surface area contributed by atoms with Gasteiger partial charge in [-0.3, -0.25) is 0 Å². The van der Waals surface area contributed by atoms with E-state index >= 15 is 0 Å². The number of halogens is 3. The van der Waals surface area contributed by atoms with Gasteiger partial charge in [0, 0.05) is 35.2 Å². The molecule has 0 spiro atoms. The van der Waals surface area contributed by atoms with E-state index in [1.807, 2.05) is 0 Å². The van der Waals surface area contributed by atoms with Gasteiger partial charge in [-0.05, 0) is 30.7 Å². The topological polar surface area (TPSA) is 37.4 Å². The minimum atomic E-state index is -3.80. The molecule has 26 heavy (non-hydrogen) atoms. The van der Waals surface area contributed by atoms with Crippen molar-refractivity contribution < 1.29 is 21.6 Å². The highest BCUT2D eigenvalue weighted by atomic mass is 32.2. The van der Waals surface area contributed by atoms with Gasteiger partial charge >= 0.3 is 0 Å². The Bertz CT molecular complexity index is 890. The number of sulfonamides is 1. The van der Waals surface area contributed by atoms with Gasteiger partial charge in [0.15, 0.2) is 0 Å². The van der Waals surface area contributed by atoms with Crippen molar-refractivity contribution in [3.05, 3.63) is 71.0 Å². The fraction of sp³-hybridized carbons (Fsp3) is 0.333. The van der Waals surface area contributed by atoms with Crippen LogP contribution >= 0.6 is 11.8 Å². The minimum Gasteiger partial charge on any atom is -0.212 e. The lowest BCUT2D eigenvalue weighted by atomic mass is 10.1. The molecular weight excluding hydrogens is 383 g/mol. The van der Waals surface area contributed by atoms with E-state index in [-0.39, 0.29) is 29.7 Å². The molecule has 1 heterocycles. The average molecular weight is 401 g/mol. The first kappa shape index (κ1) is 19.3. The molecule has 8 heteroatoms. The smallest absolute Gasteiger partial charge is 0.212 e. The zero-order chi connectivity index (χ0) is 18.7. The van der Waals surface area contributed by atoms with E-state index in [0.29, 0.717) is 17.7 Å². The van der Waals surface area contributed by atoms with Crippen LogP contribution in [0, 0.1) is 17.5 Å². The Hall–Kier alpha value is -1.51. The third-order valence-corrected chi connectivity index (χ3v) is 7.43. The van der Waals surface area contributed by atoms with Gasteiger partial charge in [-0.15, -0.1) is 0 Å². The van der Waals surface area contributed by atoms with Crippen molar-refractivity contribution in [2.45, 2.75) is 17.4 Å². The van der Waals surface area contributed by atoms with E-state index in [1.165, 1.54) is 22.1 Å². The van der Waals surface area contributed by atoms with Crippen LogP contribution in [-0.4, -0.2) is 31.6 Å². The van der Waals surface area contributed by atoms with Crippen molar-refractivity contribution in [2.24, 2.45) is 0 Å². The summed E-state index contributed by atoms with van der Waals surface area (Å²) in [7, 11) is -3.80. The van der Waals surface area contributed by atoms with Crippen LogP contribution < -0.4 is 0 Å². The SMILES string of the molecule is O=S(=O)(Cc1cc(F)ccc1F)N1CCSC(c2ccccc2F)CC1. The first-order valence-electron chi connectivity index (χ1n) is 8.14. The summed E-state index contributed by atoms with van der Waals surface area (Å²) in [4.78, 5) is 0. The predicted molar refractivity (Wildman–Crippen MR) is 96.8 cm³/mol. The van der Waals surface area contributed by atoms with Crippen molar-refractivity contribution in [3.8, 4) is 0 Å². The maximum atomic E-state index is 14.0.